The third kappa shape index (κ3) is 2.41. The zero-order valence-electron chi connectivity index (χ0n) is 10.4. The molecule has 0 fully saturated rings. The molecular weight excluding hydrogens is 270 g/mol. The molecule has 20 heavy (non-hydrogen) atoms. The van der Waals surface area contributed by atoms with E-state index in [2.05, 4.69) is 20.3 Å². The fourth-order valence-corrected chi connectivity index (χ4v) is 2.04. The molecule has 0 atom stereocenters. The standard InChI is InChI=1S/C14H11N5S/c15-13(20)12-14(17-6-5-16-12)19-10-7-9-3-1-2-4-11(9)18-8-10/h1-8H,(H2,15,20)(H,17,19). The highest BCUT2D eigenvalue weighted by molar-refractivity contribution is 7.80. The van der Waals surface area contributed by atoms with Crippen LogP contribution < -0.4 is 11.1 Å². The molecule has 0 aliphatic heterocycles. The van der Waals surface area contributed by atoms with Gasteiger partial charge in [0.25, 0.3) is 0 Å². The van der Waals surface area contributed by atoms with Crippen molar-refractivity contribution in [1.29, 1.82) is 0 Å². The van der Waals surface area contributed by atoms with E-state index in [-0.39, 0.29) is 4.99 Å². The first-order valence-corrected chi connectivity index (χ1v) is 6.37. The van der Waals surface area contributed by atoms with Crippen molar-refractivity contribution < 1.29 is 0 Å². The fraction of sp³-hybridized carbons (Fsp3) is 0. The van der Waals surface area contributed by atoms with Gasteiger partial charge in [0.05, 0.1) is 17.4 Å². The van der Waals surface area contributed by atoms with Crippen LogP contribution in [0.2, 0.25) is 0 Å². The Kier molecular flexibility index (Phi) is 3.22. The summed E-state index contributed by atoms with van der Waals surface area (Å²) in [6.07, 6.45) is 4.87. The maximum atomic E-state index is 5.63. The van der Waals surface area contributed by atoms with Crippen molar-refractivity contribution in [3.8, 4) is 0 Å². The van der Waals surface area contributed by atoms with E-state index < -0.39 is 0 Å². The van der Waals surface area contributed by atoms with Gasteiger partial charge in [0.15, 0.2) is 5.82 Å². The molecule has 0 spiro atoms. The van der Waals surface area contributed by atoms with Crippen molar-refractivity contribution in [1.82, 2.24) is 15.0 Å². The van der Waals surface area contributed by atoms with E-state index >= 15 is 0 Å². The first-order valence-electron chi connectivity index (χ1n) is 5.96. The number of nitrogens with two attached hydrogens (primary N) is 1. The van der Waals surface area contributed by atoms with Crippen molar-refractivity contribution in [3.05, 3.63) is 54.6 Å². The SMILES string of the molecule is NC(=S)c1nccnc1Nc1cnc2ccccc2c1. The molecular formula is C14H11N5S. The van der Waals surface area contributed by atoms with Gasteiger partial charge in [-0.2, -0.15) is 0 Å². The van der Waals surface area contributed by atoms with Gasteiger partial charge in [-0.1, -0.05) is 30.4 Å². The van der Waals surface area contributed by atoms with Crippen molar-refractivity contribution >= 4 is 39.6 Å². The van der Waals surface area contributed by atoms with Gasteiger partial charge < -0.3 is 11.1 Å². The summed E-state index contributed by atoms with van der Waals surface area (Å²) in [6.45, 7) is 0. The van der Waals surface area contributed by atoms with Gasteiger partial charge in [0.1, 0.15) is 10.7 Å². The lowest BCUT2D eigenvalue weighted by atomic mass is 10.2. The predicted molar refractivity (Wildman–Crippen MR) is 82.9 cm³/mol. The second-order valence-corrected chi connectivity index (χ2v) is 4.60. The molecule has 3 aromatic rings. The fourth-order valence-electron chi connectivity index (χ4n) is 1.89. The number of pyridine rings is 1. The molecule has 0 saturated heterocycles. The van der Waals surface area contributed by atoms with Gasteiger partial charge in [-0.15, -0.1) is 0 Å². The van der Waals surface area contributed by atoms with E-state index in [4.69, 9.17) is 18.0 Å². The minimum absolute atomic E-state index is 0.203. The molecule has 0 aliphatic rings. The summed E-state index contributed by atoms with van der Waals surface area (Å²) in [5.74, 6) is 0.525. The number of fused-ring (bicyclic) bond motifs is 1. The van der Waals surface area contributed by atoms with E-state index in [1.165, 1.54) is 0 Å². The van der Waals surface area contributed by atoms with Crippen LogP contribution in [0.3, 0.4) is 0 Å². The third-order valence-electron chi connectivity index (χ3n) is 2.78. The largest absolute Gasteiger partial charge is 0.388 e. The van der Waals surface area contributed by atoms with Gasteiger partial charge in [-0.25, -0.2) is 9.97 Å². The summed E-state index contributed by atoms with van der Waals surface area (Å²) in [7, 11) is 0. The molecule has 2 aromatic heterocycles. The van der Waals surface area contributed by atoms with Crippen LogP contribution in [0, 0.1) is 0 Å². The average Bonchev–Trinajstić information content (AvgIpc) is 2.47. The topological polar surface area (TPSA) is 76.7 Å². The van der Waals surface area contributed by atoms with E-state index in [9.17, 15) is 0 Å². The average molecular weight is 281 g/mol. The smallest absolute Gasteiger partial charge is 0.159 e. The van der Waals surface area contributed by atoms with Crippen molar-refractivity contribution in [2.24, 2.45) is 5.73 Å². The third-order valence-corrected chi connectivity index (χ3v) is 2.98. The number of thiocarbonyl (C=S) groups is 1. The summed E-state index contributed by atoms with van der Waals surface area (Å²) in [5, 5.41) is 4.18. The van der Waals surface area contributed by atoms with Gasteiger partial charge in [-0.3, -0.25) is 4.98 Å². The summed E-state index contributed by atoms with van der Waals surface area (Å²) in [6, 6.07) is 9.87. The molecule has 0 radical (unpaired) electrons. The minimum Gasteiger partial charge on any atom is -0.388 e. The number of rotatable bonds is 3. The Hall–Kier alpha value is -2.60. The molecule has 6 heteroatoms. The number of anilines is 2. The molecule has 0 unspecified atom stereocenters. The first kappa shape index (κ1) is 12.4. The number of aromatic nitrogens is 3. The van der Waals surface area contributed by atoms with Crippen LogP contribution in [0.15, 0.2) is 48.9 Å². The van der Waals surface area contributed by atoms with Crippen LogP contribution in [0.25, 0.3) is 10.9 Å². The number of nitrogens with one attached hydrogen (secondary N) is 1. The van der Waals surface area contributed by atoms with Gasteiger partial charge in [-0.05, 0) is 12.1 Å². The molecule has 2 heterocycles. The lowest BCUT2D eigenvalue weighted by molar-refractivity contribution is 1.18. The maximum Gasteiger partial charge on any atom is 0.159 e. The Labute approximate surface area is 120 Å². The van der Waals surface area contributed by atoms with Crippen molar-refractivity contribution in [3.63, 3.8) is 0 Å². The number of benzene rings is 1. The summed E-state index contributed by atoms with van der Waals surface area (Å²) in [4.78, 5) is 12.9. The monoisotopic (exact) mass is 281 g/mol. The Balaban J connectivity index is 1.99. The lowest BCUT2D eigenvalue weighted by Gasteiger charge is -2.09. The first-order chi connectivity index (χ1) is 9.74. The Morgan fingerprint density at radius 1 is 1.10 bits per heavy atom. The zero-order valence-corrected chi connectivity index (χ0v) is 11.3. The Morgan fingerprint density at radius 3 is 2.75 bits per heavy atom. The van der Waals surface area contributed by atoms with Crippen LogP contribution >= 0.6 is 12.2 Å². The highest BCUT2D eigenvalue weighted by Gasteiger charge is 2.08. The quantitative estimate of drug-likeness (QED) is 0.718. The van der Waals surface area contributed by atoms with Gasteiger partial charge in [0.2, 0.25) is 0 Å². The van der Waals surface area contributed by atoms with Crippen LogP contribution in [0.1, 0.15) is 5.69 Å². The molecule has 0 bridgehead atoms. The van der Waals surface area contributed by atoms with Crippen LogP contribution in [-0.4, -0.2) is 19.9 Å². The van der Waals surface area contributed by atoms with E-state index in [1.807, 2.05) is 30.3 Å². The summed E-state index contributed by atoms with van der Waals surface area (Å²) in [5.41, 5.74) is 7.84. The number of para-hydroxylation sites is 1. The van der Waals surface area contributed by atoms with Crippen LogP contribution in [-0.2, 0) is 0 Å². The Bertz CT molecular complexity index is 787. The maximum absolute atomic E-state index is 5.63. The van der Waals surface area contributed by atoms with Crippen molar-refractivity contribution in [2.75, 3.05) is 5.32 Å². The predicted octanol–water partition coefficient (Wildman–Crippen LogP) is 2.40. The molecule has 3 rings (SSSR count). The highest BCUT2D eigenvalue weighted by atomic mass is 32.1. The van der Waals surface area contributed by atoms with Crippen LogP contribution in [0.4, 0.5) is 11.5 Å². The minimum atomic E-state index is 0.203. The normalized spacial score (nSPS) is 10.4. The molecule has 0 amide bonds. The summed E-state index contributed by atoms with van der Waals surface area (Å²) < 4.78 is 0. The summed E-state index contributed by atoms with van der Waals surface area (Å²) >= 11 is 4.96. The molecule has 3 N–H and O–H groups in total. The second-order valence-electron chi connectivity index (χ2n) is 4.16. The number of hydrogen-bond acceptors (Lipinski definition) is 5. The second kappa shape index (κ2) is 5.18. The number of hydrogen-bond donors (Lipinski definition) is 2. The molecule has 1 aromatic carbocycles. The van der Waals surface area contributed by atoms with E-state index in [0.29, 0.717) is 11.5 Å². The lowest BCUT2D eigenvalue weighted by Crippen LogP contribution is -2.14. The molecule has 0 aliphatic carbocycles. The van der Waals surface area contributed by atoms with E-state index in [0.717, 1.165) is 16.6 Å². The molecule has 98 valence electrons. The van der Waals surface area contributed by atoms with Gasteiger partial charge >= 0.3 is 0 Å². The van der Waals surface area contributed by atoms with Crippen LogP contribution in [0.5, 0.6) is 0 Å². The molecule has 5 nitrogen and oxygen atoms in total. The van der Waals surface area contributed by atoms with Crippen molar-refractivity contribution in [2.45, 2.75) is 0 Å². The van der Waals surface area contributed by atoms with E-state index in [1.54, 1.807) is 18.6 Å². The number of nitrogens with zero attached hydrogens (tertiary/aromatic N) is 3. The zero-order chi connectivity index (χ0) is 13.9. The van der Waals surface area contributed by atoms with Gasteiger partial charge in [0, 0.05) is 17.8 Å². The molecule has 0 saturated carbocycles. The highest BCUT2D eigenvalue weighted by Crippen LogP contribution is 2.20. The Morgan fingerprint density at radius 2 is 1.90 bits per heavy atom.